The van der Waals surface area contributed by atoms with Crippen LogP contribution < -0.4 is 10.6 Å². The number of carbonyl (C=O) groups excluding carboxylic acids is 1. The number of nitrogens with one attached hydrogen (secondary N) is 3. The summed E-state index contributed by atoms with van der Waals surface area (Å²) in [6.45, 7) is 7.42. The van der Waals surface area contributed by atoms with Gasteiger partial charge in [-0.25, -0.2) is 14.5 Å². The minimum atomic E-state index is -3.64. The molecule has 3 aromatic rings. The van der Waals surface area contributed by atoms with Crippen molar-refractivity contribution in [3.05, 3.63) is 64.6 Å². The molecule has 4 N–H and O–H groups in total. The highest BCUT2D eigenvalue weighted by atomic mass is 35.5. The number of anilines is 1. The Labute approximate surface area is 233 Å². The van der Waals surface area contributed by atoms with E-state index in [-0.39, 0.29) is 38.4 Å². The molecule has 11 nitrogen and oxygen atoms in total. The van der Waals surface area contributed by atoms with Crippen LogP contribution >= 0.6 is 19.4 Å². The van der Waals surface area contributed by atoms with Crippen molar-refractivity contribution in [3.8, 4) is 11.3 Å². The molecule has 1 amide bonds. The zero-order valence-corrected chi connectivity index (χ0v) is 24.1. The van der Waals surface area contributed by atoms with E-state index in [9.17, 15) is 14.5 Å². The van der Waals surface area contributed by atoms with E-state index >= 15 is 0 Å². The standard InChI is InChI=1S/C26H35ClN5O6P/c1-5-21(16-38-39(35,36-6-2)37-7-3)30-26-29-13-17(4)24(32-26)19-12-22(28-14-19)25(34)31-23(15-33)18-9-8-10-20(27)11-18/h8-14,21,23,28,33H,5-7,15-16H2,1-4H3,(H,31,34)(H,29,30,32)/t21-,23+/m0/s1. The number of nitrogens with zero attached hydrogens (tertiary/aromatic N) is 2. The second kappa shape index (κ2) is 14.6. The molecular formula is C26H35ClN5O6P. The molecular weight excluding hydrogens is 545 g/mol. The number of aromatic amines is 1. The molecule has 2 aromatic heterocycles. The number of phosphoric ester groups is 1. The lowest BCUT2D eigenvalue weighted by atomic mass is 10.1. The quantitative estimate of drug-likeness (QED) is 0.176. The third-order valence-corrected chi connectivity index (χ3v) is 7.60. The number of aryl methyl sites for hydroxylation is 1. The van der Waals surface area contributed by atoms with Crippen LogP contribution in [-0.4, -0.2) is 58.4 Å². The molecule has 0 unspecified atom stereocenters. The fourth-order valence-electron chi connectivity index (χ4n) is 3.71. The van der Waals surface area contributed by atoms with Crippen LogP contribution in [0.15, 0.2) is 42.7 Å². The summed E-state index contributed by atoms with van der Waals surface area (Å²) >= 11 is 6.05. The SMILES string of the molecule is CCOP(=O)(OCC)OC[C@H](CC)Nc1ncc(C)c(-c2c[nH]c(C(=O)N[C@H](CO)c3cccc(Cl)c3)c2)n1. The first-order valence-corrected chi connectivity index (χ1v) is 14.6. The summed E-state index contributed by atoms with van der Waals surface area (Å²) in [5, 5.41) is 16.3. The van der Waals surface area contributed by atoms with Crippen molar-refractivity contribution >= 4 is 31.3 Å². The highest BCUT2D eigenvalue weighted by Gasteiger charge is 2.27. The van der Waals surface area contributed by atoms with E-state index in [4.69, 9.17) is 25.2 Å². The second-order valence-electron chi connectivity index (χ2n) is 8.62. The van der Waals surface area contributed by atoms with E-state index in [1.165, 1.54) is 0 Å². The van der Waals surface area contributed by atoms with Gasteiger partial charge in [0.15, 0.2) is 0 Å². The molecule has 212 valence electrons. The number of halogens is 1. The molecule has 3 rings (SSSR count). The fraction of sp³-hybridized carbons (Fsp3) is 0.423. The maximum Gasteiger partial charge on any atom is 0.474 e. The number of carbonyl (C=O) groups is 1. The predicted molar refractivity (Wildman–Crippen MR) is 150 cm³/mol. The van der Waals surface area contributed by atoms with Crippen LogP contribution in [0.25, 0.3) is 11.3 Å². The number of rotatable bonds is 15. The number of aromatic nitrogens is 3. The molecule has 2 heterocycles. The molecule has 0 saturated heterocycles. The highest BCUT2D eigenvalue weighted by molar-refractivity contribution is 7.48. The Morgan fingerprint density at radius 1 is 1.18 bits per heavy atom. The van der Waals surface area contributed by atoms with Crippen molar-refractivity contribution in [1.29, 1.82) is 0 Å². The van der Waals surface area contributed by atoms with Gasteiger partial charge in [0.25, 0.3) is 5.91 Å². The number of phosphoric acid groups is 1. The summed E-state index contributed by atoms with van der Waals surface area (Å²) in [6.07, 6.45) is 4.00. The largest absolute Gasteiger partial charge is 0.474 e. The van der Waals surface area contributed by atoms with Crippen molar-refractivity contribution in [2.24, 2.45) is 0 Å². The van der Waals surface area contributed by atoms with E-state index in [0.717, 1.165) is 5.56 Å². The Hall–Kier alpha value is -2.79. The van der Waals surface area contributed by atoms with Crippen LogP contribution in [0.4, 0.5) is 5.95 Å². The van der Waals surface area contributed by atoms with Gasteiger partial charge in [0.2, 0.25) is 5.95 Å². The van der Waals surface area contributed by atoms with Gasteiger partial charge in [-0.2, -0.15) is 0 Å². The lowest BCUT2D eigenvalue weighted by molar-refractivity contribution is 0.0911. The van der Waals surface area contributed by atoms with Gasteiger partial charge in [-0.15, -0.1) is 0 Å². The van der Waals surface area contributed by atoms with Crippen LogP contribution in [-0.2, 0) is 18.1 Å². The molecule has 39 heavy (non-hydrogen) atoms. The first-order chi connectivity index (χ1) is 18.7. The Morgan fingerprint density at radius 3 is 2.56 bits per heavy atom. The van der Waals surface area contributed by atoms with Crippen LogP contribution in [0.2, 0.25) is 5.02 Å². The Bertz CT molecular complexity index is 1280. The number of aliphatic hydroxyl groups excluding tert-OH is 1. The number of aliphatic hydroxyl groups is 1. The summed E-state index contributed by atoms with van der Waals surface area (Å²) in [7, 11) is -3.64. The highest BCUT2D eigenvalue weighted by Crippen LogP contribution is 2.49. The van der Waals surface area contributed by atoms with Gasteiger partial charge in [-0.05, 0) is 56.5 Å². The molecule has 0 radical (unpaired) electrons. The van der Waals surface area contributed by atoms with Crippen molar-refractivity contribution < 1.29 is 28.0 Å². The maximum atomic E-state index is 12.9. The zero-order valence-electron chi connectivity index (χ0n) is 22.4. The van der Waals surface area contributed by atoms with Crippen molar-refractivity contribution in [2.45, 2.75) is 46.2 Å². The van der Waals surface area contributed by atoms with E-state index in [1.54, 1.807) is 56.6 Å². The molecule has 13 heteroatoms. The first kappa shape index (κ1) is 30.7. The van der Waals surface area contributed by atoms with E-state index in [2.05, 4.69) is 25.6 Å². The number of hydrogen-bond acceptors (Lipinski definition) is 9. The minimum absolute atomic E-state index is 0.0630. The van der Waals surface area contributed by atoms with Gasteiger partial charge >= 0.3 is 7.82 Å². The van der Waals surface area contributed by atoms with Crippen molar-refractivity contribution in [2.75, 3.05) is 31.7 Å². The van der Waals surface area contributed by atoms with E-state index < -0.39 is 13.9 Å². The third kappa shape index (κ3) is 8.60. The predicted octanol–water partition coefficient (Wildman–Crippen LogP) is 5.29. The van der Waals surface area contributed by atoms with Crippen molar-refractivity contribution in [3.63, 3.8) is 0 Å². The number of hydrogen-bond donors (Lipinski definition) is 4. The monoisotopic (exact) mass is 579 g/mol. The van der Waals surface area contributed by atoms with Crippen LogP contribution in [0.1, 0.15) is 54.8 Å². The zero-order chi connectivity index (χ0) is 28.4. The molecule has 2 atom stereocenters. The topological polar surface area (TPSA) is 148 Å². The molecule has 0 aliphatic carbocycles. The normalized spacial score (nSPS) is 13.2. The van der Waals surface area contributed by atoms with E-state index in [1.807, 2.05) is 13.8 Å². The van der Waals surface area contributed by atoms with Crippen LogP contribution in [0.5, 0.6) is 0 Å². The molecule has 0 fully saturated rings. The number of benzene rings is 1. The van der Waals surface area contributed by atoms with Crippen LogP contribution in [0, 0.1) is 6.92 Å². The van der Waals surface area contributed by atoms with Gasteiger partial charge in [0.1, 0.15) is 5.69 Å². The molecule has 0 saturated carbocycles. The summed E-state index contributed by atoms with van der Waals surface area (Å²) in [5.74, 6) is -0.0382. The average Bonchev–Trinajstić information content (AvgIpc) is 3.41. The Kier molecular flexibility index (Phi) is 11.5. The van der Waals surface area contributed by atoms with E-state index in [0.29, 0.717) is 39.9 Å². The number of H-pyrrole nitrogens is 1. The molecule has 0 aliphatic rings. The summed E-state index contributed by atoms with van der Waals surface area (Å²) in [5.41, 5.74) is 3.12. The Morgan fingerprint density at radius 2 is 1.92 bits per heavy atom. The Balaban J connectivity index is 1.71. The molecule has 1 aromatic carbocycles. The third-order valence-electron chi connectivity index (χ3n) is 5.75. The summed E-state index contributed by atoms with van der Waals surface area (Å²) in [6, 6.07) is 7.77. The van der Waals surface area contributed by atoms with Gasteiger partial charge in [-0.3, -0.25) is 18.4 Å². The lowest BCUT2D eigenvalue weighted by Crippen LogP contribution is -2.31. The maximum absolute atomic E-state index is 12.9. The molecule has 0 aliphatic heterocycles. The lowest BCUT2D eigenvalue weighted by Gasteiger charge is -2.21. The van der Waals surface area contributed by atoms with Gasteiger partial charge in [0.05, 0.1) is 44.2 Å². The second-order valence-corrected chi connectivity index (χ2v) is 10.7. The molecule has 0 spiro atoms. The van der Waals surface area contributed by atoms with Gasteiger partial charge < -0.3 is 20.7 Å². The number of amides is 1. The minimum Gasteiger partial charge on any atom is -0.394 e. The fourth-order valence-corrected chi connectivity index (χ4v) is 5.13. The summed E-state index contributed by atoms with van der Waals surface area (Å²) < 4.78 is 28.5. The van der Waals surface area contributed by atoms with Crippen LogP contribution in [0.3, 0.4) is 0 Å². The summed E-state index contributed by atoms with van der Waals surface area (Å²) in [4.78, 5) is 24.9. The smallest absolute Gasteiger partial charge is 0.394 e. The average molecular weight is 580 g/mol. The van der Waals surface area contributed by atoms with Crippen molar-refractivity contribution in [1.82, 2.24) is 20.3 Å². The van der Waals surface area contributed by atoms with Gasteiger partial charge in [0, 0.05) is 23.0 Å². The molecule has 0 bridgehead atoms. The first-order valence-electron chi connectivity index (χ1n) is 12.7. The van der Waals surface area contributed by atoms with Gasteiger partial charge in [-0.1, -0.05) is 30.7 Å².